The Balaban J connectivity index is 2.58. The quantitative estimate of drug-likeness (QED) is 0.696. The molecule has 2 aromatic rings. The largest absolute Gasteiger partial charge is 0.445 e. The average molecular weight is 412 g/mol. The van der Waals surface area contributed by atoms with Gasteiger partial charge in [0.05, 0.1) is 12.2 Å². The molecule has 0 N–H and O–H groups in total. The number of benzene rings is 2. The smallest absolute Gasteiger partial charge is 0.437 e. The van der Waals surface area contributed by atoms with Gasteiger partial charge >= 0.3 is 12.2 Å². The van der Waals surface area contributed by atoms with Crippen molar-refractivity contribution in [3.8, 4) is 0 Å². The van der Waals surface area contributed by atoms with Crippen molar-refractivity contribution in [1.29, 1.82) is 0 Å². The Kier molecular flexibility index (Phi) is 7.69. The van der Waals surface area contributed by atoms with Crippen LogP contribution in [-0.2, 0) is 9.47 Å². The standard InChI is InChI=1S/C22H24N2O6/c1-15(2)29-21(27)23(19(25)17-11-7-5-8-12-17)24(22(28)30-16(3)4)20(26)18-13-9-6-10-14-18/h5-16H,1-4H3. The summed E-state index contributed by atoms with van der Waals surface area (Å²) in [5.74, 6) is -1.82. The molecule has 2 rings (SSSR count). The zero-order valence-corrected chi connectivity index (χ0v) is 17.3. The highest BCUT2D eigenvalue weighted by Crippen LogP contribution is 2.17. The van der Waals surface area contributed by atoms with Crippen LogP contribution in [0.3, 0.4) is 0 Å². The summed E-state index contributed by atoms with van der Waals surface area (Å²) in [5, 5.41) is 0.741. The van der Waals surface area contributed by atoms with Crippen molar-refractivity contribution in [2.75, 3.05) is 0 Å². The van der Waals surface area contributed by atoms with Gasteiger partial charge in [-0.2, -0.15) is 0 Å². The van der Waals surface area contributed by atoms with Crippen molar-refractivity contribution in [3.05, 3.63) is 71.8 Å². The van der Waals surface area contributed by atoms with E-state index in [2.05, 4.69) is 0 Å². The molecular weight excluding hydrogens is 388 g/mol. The van der Waals surface area contributed by atoms with Crippen molar-refractivity contribution in [3.63, 3.8) is 0 Å². The number of carbonyl (C=O) groups is 4. The predicted octanol–water partition coefficient (Wildman–Crippen LogP) is 4.28. The number of imide groups is 2. The number of nitrogens with zero attached hydrogens (tertiary/aromatic N) is 2. The van der Waals surface area contributed by atoms with Gasteiger partial charge in [0.15, 0.2) is 0 Å². The average Bonchev–Trinajstić information content (AvgIpc) is 2.71. The van der Waals surface area contributed by atoms with Gasteiger partial charge in [0.2, 0.25) is 0 Å². The van der Waals surface area contributed by atoms with Gasteiger partial charge in [-0.05, 0) is 52.0 Å². The highest BCUT2D eigenvalue weighted by atomic mass is 16.6. The Morgan fingerprint density at radius 3 is 1.17 bits per heavy atom. The molecule has 0 aromatic heterocycles. The molecule has 0 spiro atoms. The fourth-order valence-corrected chi connectivity index (χ4v) is 2.42. The summed E-state index contributed by atoms with van der Waals surface area (Å²) >= 11 is 0. The molecule has 0 aliphatic rings. The number of hydrogen-bond acceptors (Lipinski definition) is 6. The molecule has 0 heterocycles. The van der Waals surface area contributed by atoms with E-state index in [1.54, 1.807) is 64.1 Å². The summed E-state index contributed by atoms with van der Waals surface area (Å²) in [6.45, 7) is 6.33. The molecule has 158 valence electrons. The topological polar surface area (TPSA) is 93.2 Å². The third-order valence-corrected chi connectivity index (χ3v) is 3.65. The number of rotatable bonds is 4. The van der Waals surface area contributed by atoms with Crippen molar-refractivity contribution in [2.45, 2.75) is 39.9 Å². The van der Waals surface area contributed by atoms with E-state index in [1.807, 2.05) is 0 Å². The fraction of sp³-hybridized carbons (Fsp3) is 0.273. The van der Waals surface area contributed by atoms with Gasteiger partial charge in [0.1, 0.15) is 0 Å². The van der Waals surface area contributed by atoms with E-state index < -0.39 is 36.2 Å². The molecule has 0 saturated heterocycles. The third-order valence-electron chi connectivity index (χ3n) is 3.65. The van der Waals surface area contributed by atoms with Gasteiger partial charge in [0.25, 0.3) is 11.8 Å². The van der Waals surface area contributed by atoms with Crippen molar-refractivity contribution in [1.82, 2.24) is 10.0 Å². The van der Waals surface area contributed by atoms with Crippen molar-refractivity contribution < 1.29 is 28.7 Å². The number of amides is 4. The van der Waals surface area contributed by atoms with Gasteiger partial charge in [-0.25, -0.2) is 9.59 Å². The third kappa shape index (κ3) is 5.66. The number of hydrazine groups is 1. The molecule has 0 aliphatic carbocycles. The zero-order valence-electron chi connectivity index (χ0n) is 17.3. The summed E-state index contributed by atoms with van der Waals surface area (Å²) in [6.07, 6.45) is -3.55. The molecule has 0 aliphatic heterocycles. The molecule has 0 fully saturated rings. The second kappa shape index (κ2) is 10.2. The van der Waals surface area contributed by atoms with Crippen LogP contribution in [0.25, 0.3) is 0 Å². The van der Waals surface area contributed by atoms with E-state index in [9.17, 15) is 19.2 Å². The van der Waals surface area contributed by atoms with Gasteiger partial charge in [-0.1, -0.05) is 36.4 Å². The first-order chi connectivity index (χ1) is 14.2. The van der Waals surface area contributed by atoms with E-state index >= 15 is 0 Å². The monoisotopic (exact) mass is 412 g/mol. The maximum Gasteiger partial charge on any atom is 0.437 e. The summed E-state index contributed by atoms with van der Waals surface area (Å²) in [6, 6.07) is 15.6. The Bertz CT molecular complexity index is 821. The lowest BCUT2D eigenvalue weighted by molar-refractivity contribution is -0.0176. The second-order valence-corrected chi connectivity index (χ2v) is 6.83. The van der Waals surface area contributed by atoms with Crippen LogP contribution in [0.15, 0.2) is 60.7 Å². The summed E-state index contributed by atoms with van der Waals surface area (Å²) in [4.78, 5) is 52.0. The number of ether oxygens (including phenoxy) is 2. The van der Waals surface area contributed by atoms with E-state index in [-0.39, 0.29) is 11.1 Å². The van der Waals surface area contributed by atoms with Gasteiger partial charge in [-0.3, -0.25) is 9.59 Å². The van der Waals surface area contributed by atoms with Crippen LogP contribution in [0, 0.1) is 0 Å². The first kappa shape index (κ1) is 22.6. The minimum Gasteiger partial charge on any atom is -0.445 e. The minimum absolute atomic E-state index is 0.0846. The molecule has 0 radical (unpaired) electrons. The Morgan fingerprint density at radius 2 is 0.900 bits per heavy atom. The predicted molar refractivity (Wildman–Crippen MR) is 108 cm³/mol. The van der Waals surface area contributed by atoms with Crippen LogP contribution in [0.4, 0.5) is 9.59 Å². The highest BCUT2D eigenvalue weighted by Gasteiger charge is 2.40. The maximum atomic E-state index is 13.2. The zero-order chi connectivity index (χ0) is 22.3. The van der Waals surface area contributed by atoms with E-state index in [1.165, 1.54) is 24.3 Å². The van der Waals surface area contributed by atoms with Crippen LogP contribution in [0.1, 0.15) is 48.4 Å². The molecule has 8 nitrogen and oxygen atoms in total. The lowest BCUT2D eigenvalue weighted by Crippen LogP contribution is -2.56. The minimum atomic E-state index is -1.18. The van der Waals surface area contributed by atoms with E-state index in [0.717, 1.165) is 0 Å². The number of hydrogen-bond donors (Lipinski definition) is 0. The molecule has 2 aromatic carbocycles. The highest BCUT2D eigenvalue weighted by molar-refractivity contribution is 6.10. The van der Waals surface area contributed by atoms with Crippen molar-refractivity contribution >= 4 is 24.0 Å². The molecular formula is C22H24N2O6. The Morgan fingerprint density at radius 1 is 0.600 bits per heavy atom. The van der Waals surface area contributed by atoms with Crippen molar-refractivity contribution in [2.24, 2.45) is 0 Å². The first-order valence-electron chi connectivity index (χ1n) is 9.42. The second-order valence-electron chi connectivity index (χ2n) is 6.83. The lowest BCUT2D eigenvalue weighted by atomic mass is 10.2. The van der Waals surface area contributed by atoms with Crippen LogP contribution in [0.2, 0.25) is 0 Å². The van der Waals surface area contributed by atoms with Gasteiger partial charge in [-0.15, -0.1) is 10.0 Å². The molecule has 0 bridgehead atoms. The van der Waals surface area contributed by atoms with E-state index in [4.69, 9.17) is 9.47 Å². The molecule has 0 unspecified atom stereocenters. The van der Waals surface area contributed by atoms with Gasteiger partial charge in [0, 0.05) is 11.1 Å². The molecule has 30 heavy (non-hydrogen) atoms. The maximum absolute atomic E-state index is 13.2. The molecule has 4 amide bonds. The summed E-state index contributed by atoms with van der Waals surface area (Å²) in [5.41, 5.74) is 0.169. The first-order valence-corrected chi connectivity index (χ1v) is 9.42. The Labute approximate surface area is 175 Å². The van der Waals surface area contributed by atoms with Crippen LogP contribution >= 0.6 is 0 Å². The molecule has 0 saturated carbocycles. The lowest BCUT2D eigenvalue weighted by Gasteiger charge is -2.31. The van der Waals surface area contributed by atoms with Gasteiger partial charge < -0.3 is 9.47 Å². The van der Waals surface area contributed by atoms with Crippen LogP contribution < -0.4 is 0 Å². The van der Waals surface area contributed by atoms with E-state index in [0.29, 0.717) is 10.0 Å². The normalized spacial score (nSPS) is 10.5. The SMILES string of the molecule is CC(C)OC(=O)N(C(=O)c1ccccc1)N(C(=O)OC(C)C)C(=O)c1ccccc1. The molecule has 0 atom stereocenters. The number of carbonyl (C=O) groups excluding carboxylic acids is 4. The molecule has 8 heteroatoms. The van der Waals surface area contributed by atoms with Crippen LogP contribution in [0.5, 0.6) is 0 Å². The fourth-order valence-electron chi connectivity index (χ4n) is 2.42. The van der Waals surface area contributed by atoms with Crippen LogP contribution in [-0.4, -0.2) is 46.2 Å². The Hall–Kier alpha value is -3.68. The summed E-state index contributed by atoms with van der Waals surface area (Å²) in [7, 11) is 0. The summed E-state index contributed by atoms with van der Waals surface area (Å²) < 4.78 is 10.3.